The fraction of sp³-hybridized carbons (Fsp3) is 0.600. The summed E-state index contributed by atoms with van der Waals surface area (Å²) in [6.07, 6.45) is 3.43. The lowest BCUT2D eigenvalue weighted by Crippen LogP contribution is -2.32. The number of rotatable bonds is 7. The quantitative estimate of drug-likeness (QED) is 0.552. The molecule has 0 fully saturated rings. The van der Waals surface area contributed by atoms with E-state index in [0.29, 0.717) is 17.7 Å². The Bertz CT molecular complexity index is 341. The minimum absolute atomic E-state index is 0.137. The van der Waals surface area contributed by atoms with E-state index in [-0.39, 0.29) is 5.41 Å². The van der Waals surface area contributed by atoms with Crippen molar-refractivity contribution in [2.45, 2.75) is 38.5 Å². The number of alkyl halides is 2. The van der Waals surface area contributed by atoms with Gasteiger partial charge < -0.3 is 0 Å². The van der Waals surface area contributed by atoms with Gasteiger partial charge in [-0.3, -0.25) is 0 Å². The van der Waals surface area contributed by atoms with Gasteiger partial charge in [-0.15, -0.1) is 23.2 Å². The summed E-state index contributed by atoms with van der Waals surface area (Å²) >= 11 is 18.4. The van der Waals surface area contributed by atoms with Crippen molar-refractivity contribution < 1.29 is 0 Å². The summed E-state index contributed by atoms with van der Waals surface area (Å²) in [6, 6.07) is 7.92. The van der Waals surface area contributed by atoms with Crippen LogP contribution in [0.1, 0.15) is 38.7 Å². The van der Waals surface area contributed by atoms with Crippen molar-refractivity contribution in [3.8, 4) is 0 Å². The van der Waals surface area contributed by atoms with Crippen LogP contribution in [0.3, 0.4) is 0 Å². The summed E-state index contributed by atoms with van der Waals surface area (Å²) in [4.78, 5) is 0. The first-order chi connectivity index (χ1) is 8.57. The summed E-state index contributed by atoms with van der Waals surface area (Å²) in [5, 5.41) is 0.749. The molecule has 102 valence electrons. The maximum Gasteiger partial charge on any atom is 0.0406 e. The van der Waals surface area contributed by atoms with E-state index < -0.39 is 0 Å². The third-order valence-corrected chi connectivity index (χ3v) is 4.76. The highest BCUT2D eigenvalue weighted by atomic mass is 35.5. The third kappa shape index (κ3) is 4.05. The minimum Gasteiger partial charge on any atom is -0.126 e. The van der Waals surface area contributed by atoms with Crippen LogP contribution in [0, 0.1) is 5.92 Å². The Labute approximate surface area is 126 Å². The van der Waals surface area contributed by atoms with E-state index >= 15 is 0 Å². The molecule has 0 N–H and O–H groups in total. The first kappa shape index (κ1) is 16.1. The molecule has 0 amide bonds. The lowest BCUT2D eigenvalue weighted by Gasteiger charge is -2.33. The second kappa shape index (κ2) is 7.62. The summed E-state index contributed by atoms with van der Waals surface area (Å²) in [7, 11) is 0. The maximum atomic E-state index is 6.23. The van der Waals surface area contributed by atoms with Gasteiger partial charge in [-0.2, -0.15) is 0 Å². The van der Waals surface area contributed by atoms with Crippen molar-refractivity contribution in [1.82, 2.24) is 0 Å². The van der Waals surface area contributed by atoms with Crippen LogP contribution in [0.25, 0.3) is 0 Å². The Kier molecular flexibility index (Phi) is 6.84. The summed E-state index contributed by atoms with van der Waals surface area (Å²) in [5.74, 6) is 1.72. The molecule has 1 aromatic carbocycles. The Morgan fingerprint density at radius 1 is 1.11 bits per heavy atom. The van der Waals surface area contributed by atoms with Gasteiger partial charge in [-0.05, 0) is 30.0 Å². The fourth-order valence-electron chi connectivity index (χ4n) is 2.48. The molecule has 0 nitrogen and oxygen atoms in total. The van der Waals surface area contributed by atoms with Crippen LogP contribution in [-0.2, 0) is 5.41 Å². The Balaban J connectivity index is 2.95. The van der Waals surface area contributed by atoms with E-state index in [9.17, 15) is 0 Å². The van der Waals surface area contributed by atoms with Gasteiger partial charge in [0.2, 0.25) is 0 Å². The van der Waals surface area contributed by atoms with Gasteiger partial charge in [0.05, 0.1) is 0 Å². The van der Waals surface area contributed by atoms with E-state index in [1.165, 1.54) is 18.4 Å². The van der Waals surface area contributed by atoms with Gasteiger partial charge in [0.25, 0.3) is 0 Å². The molecular formula is C15H21Cl3. The predicted molar refractivity (Wildman–Crippen MR) is 83.3 cm³/mol. The molecular weight excluding hydrogens is 287 g/mol. The number of hydrogen-bond acceptors (Lipinski definition) is 0. The highest BCUT2D eigenvalue weighted by Gasteiger charge is 2.32. The van der Waals surface area contributed by atoms with Crippen LogP contribution in [0.15, 0.2) is 24.3 Å². The first-order valence-corrected chi connectivity index (χ1v) is 7.90. The van der Waals surface area contributed by atoms with Crippen LogP contribution in [0.2, 0.25) is 5.02 Å². The van der Waals surface area contributed by atoms with Crippen molar-refractivity contribution in [2.75, 3.05) is 11.8 Å². The Hall–Kier alpha value is 0.0900. The highest BCUT2D eigenvalue weighted by Crippen LogP contribution is 2.36. The molecule has 0 spiro atoms. The fourth-order valence-corrected chi connectivity index (χ4v) is 3.42. The van der Waals surface area contributed by atoms with Crippen LogP contribution >= 0.6 is 34.8 Å². The molecule has 0 heterocycles. The lowest BCUT2D eigenvalue weighted by molar-refractivity contribution is 0.368. The van der Waals surface area contributed by atoms with E-state index in [4.69, 9.17) is 34.8 Å². The Morgan fingerprint density at radius 3 is 2.11 bits per heavy atom. The summed E-state index contributed by atoms with van der Waals surface area (Å²) < 4.78 is 0. The molecule has 0 aliphatic heterocycles. The maximum absolute atomic E-state index is 6.23. The standard InChI is InChI=1S/C15H21Cl3/c1-3-4-12(2)9-15(10-16,11-17)13-5-7-14(18)8-6-13/h5-8,12H,3-4,9-11H2,1-2H3. The molecule has 1 unspecified atom stereocenters. The van der Waals surface area contributed by atoms with Crippen LogP contribution in [0.4, 0.5) is 0 Å². The molecule has 1 atom stereocenters. The van der Waals surface area contributed by atoms with Crippen molar-refractivity contribution in [1.29, 1.82) is 0 Å². The summed E-state index contributed by atoms with van der Waals surface area (Å²) in [5.41, 5.74) is 1.06. The van der Waals surface area contributed by atoms with Crippen LogP contribution < -0.4 is 0 Å². The topological polar surface area (TPSA) is 0 Å². The molecule has 0 radical (unpaired) electrons. The van der Waals surface area contributed by atoms with Gasteiger partial charge in [-0.1, -0.05) is 50.4 Å². The minimum atomic E-state index is -0.137. The zero-order valence-electron chi connectivity index (χ0n) is 11.1. The largest absolute Gasteiger partial charge is 0.126 e. The number of halogens is 3. The second-order valence-electron chi connectivity index (χ2n) is 5.15. The zero-order valence-corrected chi connectivity index (χ0v) is 13.3. The van der Waals surface area contributed by atoms with Crippen LogP contribution in [0.5, 0.6) is 0 Å². The molecule has 1 aromatic rings. The van der Waals surface area contributed by atoms with E-state index in [1.807, 2.05) is 24.3 Å². The smallest absolute Gasteiger partial charge is 0.0406 e. The monoisotopic (exact) mass is 306 g/mol. The third-order valence-electron chi connectivity index (χ3n) is 3.49. The van der Waals surface area contributed by atoms with Crippen molar-refractivity contribution >= 4 is 34.8 Å². The van der Waals surface area contributed by atoms with E-state index in [2.05, 4.69) is 13.8 Å². The first-order valence-electron chi connectivity index (χ1n) is 6.46. The van der Waals surface area contributed by atoms with Crippen molar-refractivity contribution in [3.05, 3.63) is 34.9 Å². The molecule has 0 saturated carbocycles. The van der Waals surface area contributed by atoms with Gasteiger partial charge >= 0.3 is 0 Å². The molecule has 0 bridgehead atoms. The second-order valence-corrected chi connectivity index (χ2v) is 6.12. The van der Waals surface area contributed by atoms with Crippen molar-refractivity contribution in [2.24, 2.45) is 5.92 Å². The van der Waals surface area contributed by atoms with E-state index in [0.717, 1.165) is 11.4 Å². The molecule has 0 aliphatic carbocycles. The predicted octanol–water partition coefficient (Wildman–Crippen LogP) is 5.88. The molecule has 18 heavy (non-hydrogen) atoms. The van der Waals surface area contributed by atoms with Gasteiger partial charge in [-0.25, -0.2) is 0 Å². The number of hydrogen-bond donors (Lipinski definition) is 0. The number of benzene rings is 1. The van der Waals surface area contributed by atoms with Gasteiger partial charge in [0.1, 0.15) is 0 Å². The summed E-state index contributed by atoms with van der Waals surface area (Å²) in [6.45, 7) is 4.48. The van der Waals surface area contributed by atoms with Crippen molar-refractivity contribution in [3.63, 3.8) is 0 Å². The van der Waals surface area contributed by atoms with Gasteiger partial charge in [0.15, 0.2) is 0 Å². The zero-order chi connectivity index (χ0) is 13.6. The average molecular weight is 308 g/mol. The highest BCUT2D eigenvalue weighted by molar-refractivity contribution is 6.30. The molecule has 1 rings (SSSR count). The SMILES string of the molecule is CCCC(C)CC(CCl)(CCl)c1ccc(Cl)cc1. The molecule has 3 heteroatoms. The molecule has 0 aromatic heterocycles. The average Bonchev–Trinajstić information content (AvgIpc) is 2.37. The van der Waals surface area contributed by atoms with E-state index in [1.54, 1.807) is 0 Å². The molecule has 0 saturated heterocycles. The van der Waals surface area contributed by atoms with Gasteiger partial charge in [0, 0.05) is 22.2 Å². The van der Waals surface area contributed by atoms with Crippen LogP contribution in [-0.4, -0.2) is 11.8 Å². The lowest BCUT2D eigenvalue weighted by atomic mass is 9.76. The Morgan fingerprint density at radius 2 is 1.67 bits per heavy atom. The normalized spacial score (nSPS) is 13.6. The molecule has 0 aliphatic rings.